The van der Waals surface area contributed by atoms with Crippen molar-refractivity contribution in [1.29, 1.82) is 0 Å². The lowest BCUT2D eigenvalue weighted by atomic mass is 10.0. The number of nitrogens with two attached hydrogens (primary N) is 1. The Hall–Kier alpha value is -2.24. The predicted molar refractivity (Wildman–Crippen MR) is 67.4 cm³/mol. The lowest BCUT2D eigenvalue weighted by Crippen LogP contribution is -2.39. The molecule has 0 unspecified atom stereocenters. The van der Waals surface area contributed by atoms with Crippen LogP contribution in [0.1, 0.15) is 11.1 Å². The number of nitrogens with zero attached hydrogens (tertiary/aromatic N) is 1. The summed E-state index contributed by atoms with van der Waals surface area (Å²) < 4.78 is 16.0. The summed E-state index contributed by atoms with van der Waals surface area (Å²) in [5, 5.41) is 0. The number of carbonyl (C=O) groups is 1. The molecule has 1 spiro atoms. The highest BCUT2D eigenvalue weighted by molar-refractivity contribution is 6.01. The van der Waals surface area contributed by atoms with Gasteiger partial charge < -0.3 is 19.9 Å². The summed E-state index contributed by atoms with van der Waals surface area (Å²) in [5.74, 6) is 0.953. The number of ether oxygens (including phenoxy) is 3. The lowest BCUT2D eigenvalue weighted by Gasteiger charge is -2.18. The first kappa shape index (κ1) is 11.8. The van der Waals surface area contributed by atoms with Crippen molar-refractivity contribution in [3.8, 4) is 11.5 Å². The number of amidine groups is 1. The molecule has 19 heavy (non-hydrogen) atoms. The van der Waals surface area contributed by atoms with Gasteiger partial charge in [-0.15, -0.1) is 0 Å². The Balaban J connectivity index is 1.99. The van der Waals surface area contributed by atoms with Crippen LogP contribution >= 0.6 is 0 Å². The Bertz CT molecular complexity index is 562. The van der Waals surface area contributed by atoms with Crippen molar-refractivity contribution in [2.24, 2.45) is 10.7 Å². The number of amides is 1. The van der Waals surface area contributed by atoms with Crippen molar-refractivity contribution in [3.63, 3.8) is 0 Å². The van der Waals surface area contributed by atoms with Gasteiger partial charge in [-0.05, 0) is 23.3 Å². The van der Waals surface area contributed by atoms with Gasteiger partial charge in [-0.1, -0.05) is 0 Å². The standard InChI is InChI=1S/C13H14N2O4/c1-17-9-3-7-5-13(11(16)15-12(14)19-13)6-8(7)4-10(9)18-2/h3-4H,5-6H2,1-2H3,(H2,14,15,16). The maximum absolute atomic E-state index is 11.9. The third kappa shape index (κ3) is 1.63. The van der Waals surface area contributed by atoms with Crippen molar-refractivity contribution in [2.45, 2.75) is 18.4 Å². The van der Waals surface area contributed by atoms with Crippen molar-refractivity contribution in [1.82, 2.24) is 0 Å². The number of fused-ring (bicyclic) bond motifs is 1. The summed E-state index contributed by atoms with van der Waals surface area (Å²) in [6.07, 6.45) is 0.900. The Kier molecular flexibility index (Phi) is 2.41. The molecule has 0 atom stereocenters. The third-order valence-electron chi connectivity index (χ3n) is 3.56. The fourth-order valence-electron chi connectivity index (χ4n) is 2.66. The summed E-state index contributed by atoms with van der Waals surface area (Å²) in [6, 6.07) is 3.68. The number of hydrogen-bond donors (Lipinski definition) is 1. The number of carbonyl (C=O) groups excluding carboxylic acids is 1. The zero-order valence-electron chi connectivity index (χ0n) is 10.7. The Morgan fingerprint density at radius 2 is 1.74 bits per heavy atom. The average Bonchev–Trinajstić information content (AvgIpc) is 2.87. The van der Waals surface area contributed by atoms with Gasteiger partial charge >= 0.3 is 0 Å². The molecule has 0 radical (unpaired) electrons. The van der Waals surface area contributed by atoms with E-state index in [0.717, 1.165) is 11.1 Å². The normalized spacial score (nSPS) is 19.1. The van der Waals surface area contributed by atoms with E-state index in [4.69, 9.17) is 19.9 Å². The van der Waals surface area contributed by atoms with E-state index in [1.54, 1.807) is 14.2 Å². The summed E-state index contributed by atoms with van der Waals surface area (Å²) in [6.45, 7) is 0. The van der Waals surface area contributed by atoms with Crippen LogP contribution < -0.4 is 15.2 Å². The van der Waals surface area contributed by atoms with E-state index in [0.29, 0.717) is 24.3 Å². The van der Waals surface area contributed by atoms with Gasteiger partial charge in [-0.25, -0.2) is 0 Å². The minimum absolute atomic E-state index is 0.0586. The highest BCUT2D eigenvalue weighted by Gasteiger charge is 2.50. The fraction of sp³-hybridized carbons (Fsp3) is 0.385. The van der Waals surface area contributed by atoms with Crippen molar-refractivity contribution in [2.75, 3.05) is 14.2 Å². The summed E-state index contributed by atoms with van der Waals surface area (Å²) in [5.41, 5.74) is 6.51. The molecule has 100 valence electrons. The van der Waals surface area contributed by atoms with Gasteiger partial charge in [0.2, 0.25) is 5.60 Å². The molecule has 6 heteroatoms. The molecule has 3 rings (SSSR count). The highest BCUT2D eigenvalue weighted by atomic mass is 16.5. The van der Waals surface area contributed by atoms with Gasteiger partial charge in [0.1, 0.15) is 0 Å². The quantitative estimate of drug-likeness (QED) is 0.834. The third-order valence-corrected chi connectivity index (χ3v) is 3.56. The van der Waals surface area contributed by atoms with Gasteiger partial charge in [0.25, 0.3) is 11.9 Å². The molecule has 1 heterocycles. The molecule has 1 aromatic rings. The van der Waals surface area contributed by atoms with Crippen LogP contribution in [0, 0.1) is 0 Å². The minimum atomic E-state index is -0.968. The molecule has 2 aliphatic rings. The molecular weight excluding hydrogens is 248 g/mol. The first-order valence-corrected chi connectivity index (χ1v) is 5.89. The van der Waals surface area contributed by atoms with Gasteiger partial charge in [-0.3, -0.25) is 4.79 Å². The van der Waals surface area contributed by atoms with E-state index in [1.807, 2.05) is 12.1 Å². The van der Waals surface area contributed by atoms with Crippen LogP contribution in [0.15, 0.2) is 17.1 Å². The fourth-order valence-corrected chi connectivity index (χ4v) is 2.66. The SMILES string of the molecule is COc1cc2c(cc1OC)CC1(C2)OC(N)=NC1=O. The molecule has 0 saturated carbocycles. The first-order valence-electron chi connectivity index (χ1n) is 5.89. The largest absolute Gasteiger partial charge is 0.493 e. The van der Waals surface area contributed by atoms with Crippen LogP contribution in [0.25, 0.3) is 0 Å². The summed E-state index contributed by atoms with van der Waals surface area (Å²) >= 11 is 0. The Labute approximate surface area is 110 Å². The second kappa shape index (κ2) is 3.88. The number of rotatable bonds is 2. The molecule has 2 N–H and O–H groups in total. The van der Waals surface area contributed by atoms with E-state index in [2.05, 4.69) is 4.99 Å². The molecule has 0 bridgehead atoms. The van der Waals surface area contributed by atoms with E-state index < -0.39 is 5.60 Å². The molecule has 0 aromatic heterocycles. The molecule has 6 nitrogen and oxygen atoms in total. The lowest BCUT2D eigenvalue weighted by molar-refractivity contribution is -0.130. The molecular formula is C13H14N2O4. The van der Waals surface area contributed by atoms with Crippen LogP contribution in [0.5, 0.6) is 11.5 Å². The van der Waals surface area contributed by atoms with Crippen molar-refractivity contribution in [3.05, 3.63) is 23.3 Å². The molecule has 0 saturated heterocycles. The maximum Gasteiger partial charge on any atom is 0.295 e. The number of methoxy groups -OCH3 is 2. The van der Waals surface area contributed by atoms with Gasteiger partial charge in [0.15, 0.2) is 11.5 Å². The second-order valence-corrected chi connectivity index (χ2v) is 4.68. The average molecular weight is 262 g/mol. The van der Waals surface area contributed by atoms with E-state index in [9.17, 15) is 4.79 Å². The van der Waals surface area contributed by atoms with Crippen LogP contribution in [-0.2, 0) is 22.4 Å². The van der Waals surface area contributed by atoms with Gasteiger partial charge in [0.05, 0.1) is 14.2 Å². The number of aliphatic imine (C=N–C) groups is 1. The van der Waals surface area contributed by atoms with Crippen LogP contribution in [-0.4, -0.2) is 31.7 Å². The molecule has 1 aromatic carbocycles. The molecule has 1 aliphatic heterocycles. The molecule has 1 amide bonds. The molecule has 1 aliphatic carbocycles. The van der Waals surface area contributed by atoms with Crippen LogP contribution in [0.4, 0.5) is 0 Å². The topological polar surface area (TPSA) is 83.1 Å². The minimum Gasteiger partial charge on any atom is -0.493 e. The number of hydrogen-bond acceptors (Lipinski definition) is 5. The maximum atomic E-state index is 11.9. The Morgan fingerprint density at radius 3 is 2.11 bits per heavy atom. The van der Waals surface area contributed by atoms with Gasteiger partial charge in [-0.2, -0.15) is 4.99 Å². The second-order valence-electron chi connectivity index (χ2n) is 4.68. The first-order chi connectivity index (χ1) is 9.08. The molecule has 0 fully saturated rings. The zero-order chi connectivity index (χ0) is 13.6. The Morgan fingerprint density at radius 1 is 1.21 bits per heavy atom. The predicted octanol–water partition coefficient (Wildman–Crippen LogP) is 0.413. The summed E-state index contributed by atoms with van der Waals surface area (Å²) in [4.78, 5) is 15.6. The van der Waals surface area contributed by atoms with Crippen molar-refractivity contribution < 1.29 is 19.0 Å². The van der Waals surface area contributed by atoms with E-state index in [-0.39, 0.29) is 11.9 Å². The van der Waals surface area contributed by atoms with Crippen LogP contribution in [0.3, 0.4) is 0 Å². The monoisotopic (exact) mass is 262 g/mol. The zero-order valence-corrected chi connectivity index (χ0v) is 10.7. The van der Waals surface area contributed by atoms with Gasteiger partial charge in [0, 0.05) is 12.8 Å². The van der Waals surface area contributed by atoms with Crippen molar-refractivity contribution >= 4 is 11.9 Å². The smallest absolute Gasteiger partial charge is 0.295 e. The van der Waals surface area contributed by atoms with E-state index in [1.165, 1.54) is 0 Å². The number of benzene rings is 1. The van der Waals surface area contributed by atoms with Crippen LogP contribution in [0.2, 0.25) is 0 Å². The summed E-state index contributed by atoms with van der Waals surface area (Å²) in [7, 11) is 3.15. The highest BCUT2D eigenvalue weighted by Crippen LogP contribution is 2.41. The van der Waals surface area contributed by atoms with E-state index >= 15 is 0 Å².